The van der Waals surface area contributed by atoms with Crippen molar-refractivity contribution in [2.75, 3.05) is 6.61 Å². The minimum absolute atomic E-state index is 0.229. The monoisotopic (exact) mass is 277 g/mol. The van der Waals surface area contributed by atoms with Gasteiger partial charge in [-0.15, -0.1) is 10.2 Å². The number of carboxylic acids is 1. The number of hydrogen-bond acceptors (Lipinski definition) is 6. The molecule has 1 amide bonds. The molecule has 0 radical (unpaired) electrons. The number of rotatable bonds is 5. The lowest BCUT2D eigenvalue weighted by atomic mass is 10.1. The number of aliphatic hydroxyl groups is 1. The lowest BCUT2D eigenvalue weighted by Crippen LogP contribution is -2.43. The number of nitrogens with one attached hydrogen (secondary N) is 2. The summed E-state index contributed by atoms with van der Waals surface area (Å²) >= 11 is 0. The van der Waals surface area contributed by atoms with Crippen LogP contribution in [0.1, 0.15) is 10.4 Å². The molecule has 1 aromatic carbocycles. The summed E-state index contributed by atoms with van der Waals surface area (Å²) in [7, 11) is 0. The van der Waals surface area contributed by atoms with E-state index in [-0.39, 0.29) is 5.56 Å². The minimum Gasteiger partial charge on any atom is -0.480 e. The van der Waals surface area contributed by atoms with Crippen molar-refractivity contribution in [3.8, 4) is 11.4 Å². The average molecular weight is 277 g/mol. The zero-order valence-electron chi connectivity index (χ0n) is 10.1. The van der Waals surface area contributed by atoms with Crippen LogP contribution in [0.2, 0.25) is 0 Å². The van der Waals surface area contributed by atoms with Crippen molar-refractivity contribution in [3.05, 3.63) is 29.8 Å². The summed E-state index contributed by atoms with van der Waals surface area (Å²) < 4.78 is 0. The van der Waals surface area contributed by atoms with Crippen LogP contribution in [0.15, 0.2) is 24.3 Å². The van der Waals surface area contributed by atoms with Gasteiger partial charge in [-0.1, -0.05) is 12.1 Å². The third kappa shape index (κ3) is 2.95. The van der Waals surface area contributed by atoms with E-state index in [0.717, 1.165) is 0 Å². The molecule has 1 heterocycles. The molecule has 20 heavy (non-hydrogen) atoms. The Hall–Kier alpha value is -2.81. The summed E-state index contributed by atoms with van der Waals surface area (Å²) in [4.78, 5) is 22.6. The standard InChI is InChI=1S/C11H11N5O4/c17-5-8(11(19)20)12-10(18)7-3-1-2-6(4-7)9-13-15-16-14-9/h1-4,8,17H,5H2,(H,12,18)(H,19,20)(H,13,14,15,16). The molecule has 1 atom stereocenters. The predicted molar refractivity (Wildman–Crippen MR) is 65.6 cm³/mol. The van der Waals surface area contributed by atoms with Crippen molar-refractivity contribution < 1.29 is 19.8 Å². The maximum Gasteiger partial charge on any atom is 0.328 e. The first-order chi connectivity index (χ1) is 9.61. The Kier molecular flexibility index (Phi) is 4.01. The molecule has 104 valence electrons. The van der Waals surface area contributed by atoms with E-state index in [9.17, 15) is 9.59 Å². The minimum atomic E-state index is -1.35. The van der Waals surface area contributed by atoms with Crippen LogP contribution in [0.3, 0.4) is 0 Å². The van der Waals surface area contributed by atoms with Crippen molar-refractivity contribution >= 4 is 11.9 Å². The van der Waals surface area contributed by atoms with Gasteiger partial charge in [0.05, 0.1) is 6.61 Å². The molecule has 1 unspecified atom stereocenters. The number of benzene rings is 1. The van der Waals surface area contributed by atoms with Crippen molar-refractivity contribution in [1.29, 1.82) is 0 Å². The van der Waals surface area contributed by atoms with Crippen LogP contribution in [0.5, 0.6) is 0 Å². The van der Waals surface area contributed by atoms with Gasteiger partial charge in [0, 0.05) is 11.1 Å². The van der Waals surface area contributed by atoms with Gasteiger partial charge < -0.3 is 15.5 Å². The molecule has 1 aromatic heterocycles. The fourth-order valence-corrected chi connectivity index (χ4v) is 1.51. The highest BCUT2D eigenvalue weighted by molar-refractivity contribution is 5.97. The Morgan fingerprint density at radius 3 is 2.80 bits per heavy atom. The van der Waals surface area contributed by atoms with Gasteiger partial charge in [-0.05, 0) is 17.3 Å². The van der Waals surface area contributed by atoms with E-state index in [2.05, 4.69) is 25.9 Å². The van der Waals surface area contributed by atoms with Crippen molar-refractivity contribution in [2.45, 2.75) is 6.04 Å². The van der Waals surface area contributed by atoms with Crippen molar-refractivity contribution in [3.63, 3.8) is 0 Å². The zero-order chi connectivity index (χ0) is 14.5. The number of carbonyl (C=O) groups is 2. The van der Waals surface area contributed by atoms with Crippen LogP contribution >= 0.6 is 0 Å². The van der Waals surface area contributed by atoms with Crippen LogP contribution in [-0.4, -0.2) is 55.4 Å². The van der Waals surface area contributed by atoms with Gasteiger partial charge in [-0.25, -0.2) is 4.79 Å². The quantitative estimate of drug-likeness (QED) is 0.551. The van der Waals surface area contributed by atoms with Crippen molar-refractivity contribution in [2.24, 2.45) is 0 Å². The van der Waals surface area contributed by atoms with E-state index < -0.39 is 24.5 Å². The molecule has 4 N–H and O–H groups in total. The van der Waals surface area contributed by atoms with Gasteiger partial charge in [-0.3, -0.25) is 4.79 Å². The third-order valence-electron chi connectivity index (χ3n) is 2.51. The zero-order valence-corrected chi connectivity index (χ0v) is 10.1. The van der Waals surface area contributed by atoms with Gasteiger partial charge in [0.1, 0.15) is 0 Å². The molecule has 0 saturated carbocycles. The van der Waals surface area contributed by atoms with E-state index in [1.54, 1.807) is 12.1 Å². The first-order valence-electron chi connectivity index (χ1n) is 5.60. The second-order valence-electron chi connectivity index (χ2n) is 3.86. The molecular weight excluding hydrogens is 266 g/mol. The summed E-state index contributed by atoms with van der Waals surface area (Å²) in [5, 5.41) is 33.1. The largest absolute Gasteiger partial charge is 0.480 e. The summed E-state index contributed by atoms with van der Waals surface area (Å²) in [6, 6.07) is 4.94. The van der Waals surface area contributed by atoms with Crippen LogP contribution in [0, 0.1) is 0 Å². The maximum atomic E-state index is 11.9. The van der Waals surface area contributed by atoms with Gasteiger partial charge in [-0.2, -0.15) is 5.21 Å². The summed E-state index contributed by atoms with van der Waals surface area (Å²) in [5.74, 6) is -1.61. The van der Waals surface area contributed by atoms with Crippen LogP contribution in [-0.2, 0) is 4.79 Å². The molecule has 2 aromatic rings. The number of carboxylic acid groups (broad SMARTS) is 1. The number of hydrogen-bond donors (Lipinski definition) is 4. The molecule has 0 saturated heterocycles. The molecule has 2 rings (SSSR count). The Bertz CT molecular complexity index is 613. The second kappa shape index (κ2) is 5.89. The van der Waals surface area contributed by atoms with E-state index in [1.807, 2.05) is 0 Å². The molecule has 0 spiro atoms. The number of carbonyl (C=O) groups excluding carboxylic acids is 1. The van der Waals surface area contributed by atoms with Gasteiger partial charge >= 0.3 is 5.97 Å². The molecule has 0 aliphatic carbocycles. The van der Waals surface area contributed by atoms with E-state index in [4.69, 9.17) is 10.2 Å². The summed E-state index contributed by atoms with van der Waals surface area (Å²) in [5.41, 5.74) is 0.786. The number of nitrogens with zero attached hydrogens (tertiary/aromatic N) is 3. The lowest BCUT2D eigenvalue weighted by molar-refractivity contribution is -0.140. The molecule has 0 aliphatic rings. The fraction of sp³-hybridized carbons (Fsp3) is 0.182. The number of aliphatic carboxylic acids is 1. The van der Waals surface area contributed by atoms with E-state index in [1.165, 1.54) is 12.1 Å². The molecule has 0 aliphatic heterocycles. The normalized spacial score (nSPS) is 11.8. The first kappa shape index (κ1) is 13.6. The van der Waals surface area contributed by atoms with E-state index in [0.29, 0.717) is 11.4 Å². The summed E-state index contributed by atoms with van der Waals surface area (Å²) in [6.07, 6.45) is 0. The Balaban J connectivity index is 2.19. The average Bonchev–Trinajstić information content (AvgIpc) is 2.98. The highest BCUT2D eigenvalue weighted by atomic mass is 16.4. The topological polar surface area (TPSA) is 141 Å². The molecule has 0 bridgehead atoms. The maximum absolute atomic E-state index is 11.9. The number of tetrazole rings is 1. The van der Waals surface area contributed by atoms with Gasteiger partial charge in [0.25, 0.3) is 5.91 Å². The van der Waals surface area contributed by atoms with Crippen LogP contribution < -0.4 is 5.32 Å². The first-order valence-corrected chi connectivity index (χ1v) is 5.60. The highest BCUT2D eigenvalue weighted by Crippen LogP contribution is 2.14. The number of H-pyrrole nitrogens is 1. The van der Waals surface area contributed by atoms with Crippen LogP contribution in [0.25, 0.3) is 11.4 Å². The molecule has 9 nitrogen and oxygen atoms in total. The Morgan fingerprint density at radius 1 is 1.40 bits per heavy atom. The van der Waals surface area contributed by atoms with E-state index >= 15 is 0 Å². The highest BCUT2D eigenvalue weighted by Gasteiger charge is 2.19. The fourth-order valence-electron chi connectivity index (χ4n) is 1.51. The molecule has 0 fully saturated rings. The number of aliphatic hydroxyl groups excluding tert-OH is 1. The Morgan fingerprint density at radius 2 is 2.20 bits per heavy atom. The second-order valence-corrected chi connectivity index (χ2v) is 3.86. The Labute approximate surface area is 112 Å². The molecular formula is C11H11N5O4. The van der Waals surface area contributed by atoms with Crippen LogP contribution in [0.4, 0.5) is 0 Å². The lowest BCUT2D eigenvalue weighted by Gasteiger charge is -2.11. The SMILES string of the molecule is O=C(NC(CO)C(=O)O)c1cccc(-c2nn[nH]n2)c1. The molecule has 9 heteroatoms. The number of aromatic amines is 1. The van der Waals surface area contributed by atoms with Gasteiger partial charge in [0.15, 0.2) is 6.04 Å². The third-order valence-corrected chi connectivity index (χ3v) is 2.51. The van der Waals surface area contributed by atoms with Gasteiger partial charge in [0.2, 0.25) is 5.82 Å². The predicted octanol–water partition coefficient (Wildman–Crippen LogP) is -0.958. The smallest absolute Gasteiger partial charge is 0.328 e. The van der Waals surface area contributed by atoms with Crippen molar-refractivity contribution in [1.82, 2.24) is 25.9 Å². The number of amides is 1. The summed E-state index contributed by atoms with van der Waals surface area (Å²) in [6.45, 7) is -0.689. The number of aromatic nitrogens is 4.